The van der Waals surface area contributed by atoms with E-state index in [2.05, 4.69) is 20.3 Å². The van der Waals surface area contributed by atoms with E-state index in [0.29, 0.717) is 62.2 Å². The molecule has 0 bridgehead atoms. The van der Waals surface area contributed by atoms with Gasteiger partial charge in [0, 0.05) is 67.9 Å². The Morgan fingerprint density at radius 1 is 0.943 bits per heavy atom. The highest BCUT2D eigenvalue weighted by Gasteiger charge is 2.29. The number of nitrogens with one attached hydrogen (secondary N) is 1. The highest BCUT2D eigenvalue weighted by Crippen LogP contribution is 2.26. The van der Waals surface area contributed by atoms with Gasteiger partial charge in [-0.1, -0.05) is 0 Å². The van der Waals surface area contributed by atoms with Crippen LogP contribution in [0.1, 0.15) is 18.4 Å². The Morgan fingerprint density at radius 3 is 2.23 bits per heavy atom. The van der Waals surface area contributed by atoms with Gasteiger partial charge in [0.05, 0.1) is 12.2 Å². The number of hydrogen-bond donors (Lipinski definition) is 5. The topological polar surface area (TPSA) is 180 Å². The summed E-state index contributed by atoms with van der Waals surface area (Å²) in [5.74, 6) is 0.994. The number of aliphatic hydroxyl groups excluding tert-OH is 2. The number of β-amino-alcohol motifs (C(OH)–C–C–N with tert-alkyl or cyclic N) is 2. The van der Waals surface area contributed by atoms with Gasteiger partial charge in [-0.2, -0.15) is 15.0 Å². The molecule has 1 aromatic carbocycles. The zero-order valence-electron chi connectivity index (χ0n) is 19.5. The van der Waals surface area contributed by atoms with Gasteiger partial charge < -0.3 is 41.2 Å². The smallest absolute Gasteiger partial charge is 0.336 e. The fraction of sp³-hybridized carbons (Fsp3) is 0.478. The lowest BCUT2D eigenvalue weighted by atomic mass is 10.0. The van der Waals surface area contributed by atoms with Crippen LogP contribution in [-0.2, 0) is 0 Å². The van der Waals surface area contributed by atoms with E-state index in [0.717, 1.165) is 10.9 Å². The Kier molecular flexibility index (Phi) is 6.28. The molecule has 12 heteroatoms. The maximum Gasteiger partial charge on any atom is 0.336 e. The van der Waals surface area contributed by atoms with Crippen LogP contribution in [0, 0.1) is 6.92 Å². The first-order valence-corrected chi connectivity index (χ1v) is 11.7. The maximum absolute atomic E-state index is 11.8. The highest BCUT2D eigenvalue weighted by atomic mass is 16.4. The monoisotopic (exact) mass is 482 g/mol. The lowest BCUT2D eigenvalue weighted by Gasteiger charge is -2.36. The number of rotatable bonds is 4. The standard InChI is InChI=1S/C23H30N8O4/c1-12-4-20(34)35-19-6-15(2-3-18(12)19)26-21-27-22(30-8-13(24)5-14(25)9-30)29-23(28-21)31-10-16(32)7-17(33)11-31/h2-4,6,13-14,16-17,32-33H,5,7-11,24-25H2,1H3,(H,26,27,28,29)/t13-,14+,16-,17+. The van der Waals surface area contributed by atoms with Crippen molar-refractivity contribution in [2.75, 3.05) is 41.3 Å². The van der Waals surface area contributed by atoms with Crippen LogP contribution in [0.15, 0.2) is 33.5 Å². The predicted molar refractivity (Wildman–Crippen MR) is 132 cm³/mol. The van der Waals surface area contributed by atoms with Gasteiger partial charge in [0.1, 0.15) is 5.58 Å². The second-order valence-corrected chi connectivity index (χ2v) is 9.45. The molecule has 186 valence electrons. The van der Waals surface area contributed by atoms with Crippen molar-refractivity contribution in [3.8, 4) is 0 Å². The quantitative estimate of drug-likeness (QED) is 0.310. The Morgan fingerprint density at radius 2 is 1.57 bits per heavy atom. The lowest BCUT2D eigenvalue weighted by Crippen LogP contribution is -2.53. The van der Waals surface area contributed by atoms with Crippen LogP contribution in [0.5, 0.6) is 0 Å². The molecule has 2 saturated heterocycles. The van der Waals surface area contributed by atoms with E-state index in [1.165, 1.54) is 6.07 Å². The van der Waals surface area contributed by atoms with Crippen molar-refractivity contribution in [2.45, 2.75) is 44.1 Å². The van der Waals surface area contributed by atoms with Gasteiger partial charge >= 0.3 is 5.63 Å². The van der Waals surface area contributed by atoms with Gasteiger partial charge in [-0.3, -0.25) is 0 Å². The average Bonchev–Trinajstić information content (AvgIpc) is 2.77. The van der Waals surface area contributed by atoms with Crippen molar-refractivity contribution in [1.29, 1.82) is 0 Å². The number of nitrogens with two attached hydrogens (primary N) is 2. The fourth-order valence-corrected chi connectivity index (χ4v) is 4.78. The molecule has 3 aromatic rings. The van der Waals surface area contributed by atoms with Gasteiger partial charge in [0.15, 0.2) is 0 Å². The second-order valence-electron chi connectivity index (χ2n) is 9.45. The van der Waals surface area contributed by atoms with E-state index >= 15 is 0 Å². The van der Waals surface area contributed by atoms with Gasteiger partial charge in [-0.25, -0.2) is 4.79 Å². The number of nitrogens with zero attached hydrogens (tertiary/aromatic N) is 5. The number of aryl methyl sites for hydroxylation is 1. The molecule has 2 aliphatic rings. The van der Waals surface area contributed by atoms with Gasteiger partial charge in [0.25, 0.3) is 0 Å². The van der Waals surface area contributed by atoms with Crippen molar-refractivity contribution in [1.82, 2.24) is 15.0 Å². The molecule has 0 amide bonds. The molecular formula is C23H30N8O4. The fourth-order valence-electron chi connectivity index (χ4n) is 4.78. The maximum atomic E-state index is 11.8. The zero-order valence-corrected chi connectivity index (χ0v) is 19.5. The molecule has 5 rings (SSSR count). The number of benzene rings is 1. The van der Waals surface area contributed by atoms with E-state index in [4.69, 9.17) is 15.9 Å². The first-order chi connectivity index (χ1) is 16.7. The van der Waals surface area contributed by atoms with Crippen molar-refractivity contribution in [2.24, 2.45) is 11.5 Å². The molecule has 0 spiro atoms. The number of fused-ring (bicyclic) bond motifs is 1. The normalized spacial score (nSPS) is 25.2. The second kappa shape index (κ2) is 9.38. The zero-order chi connectivity index (χ0) is 24.7. The van der Waals surface area contributed by atoms with Crippen LogP contribution in [0.3, 0.4) is 0 Å². The molecule has 2 fully saturated rings. The molecule has 12 nitrogen and oxygen atoms in total. The third-order valence-corrected chi connectivity index (χ3v) is 6.31. The van der Waals surface area contributed by atoms with Crippen LogP contribution in [0.25, 0.3) is 11.0 Å². The predicted octanol–water partition coefficient (Wildman–Crippen LogP) is -0.173. The molecule has 0 aliphatic carbocycles. The van der Waals surface area contributed by atoms with Crippen LogP contribution in [-0.4, -0.2) is 75.6 Å². The summed E-state index contributed by atoms with van der Waals surface area (Å²) in [6.07, 6.45) is -0.374. The molecule has 2 aliphatic heterocycles. The molecule has 35 heavy (non-hydrogen) atoms. The van der Waals surface area contributed by atoms with Crippen molar-refractivity contribution >= 4 is 34.5 Å². The minimum atomic E-state index is -0.696. The lowest BCUT2D eigenvalue weighted by molar-refractivity contribution is 0.0645. The molecule has 7 N–H and O–H groups in total. The van der Waals surface area contributed by atoms with Gasteiger partial charge in [-0.15, -0.1) is 0 Å². The average molecular weight is 483 g/mol. The van der Waals surface area contributed by atoms with Crippen LogP contribution >= 0.6 is 0 Å². The number of aliphatic hydroxyl groups is 2. The van der Waals surface area contributed by atoms with Gasteiger partial charge in [0.2, 0.25) is 17.8 Å². The summed E-state index contributed by atoms with van der Waals surface area (Å²) in [5.41, 5.74) is 13.9. The molecule has 0 saturated carbocycles. The summed E-state index contributed by atoms with van der Waals surface area (Å²) in [6, 6.07) is 6.66. The molecule has 2 aromatic heterocycles. The third-order valence-electron chi connectivity index (χ3n) is 6.31. The highest BCUT2D eigenvalue weighted by molar-refractivity contribution is 5.83. The Bertz CT molecular complexity index is 1220. The van der Waals surface area contributed by atoms with E-state index in [-0.39, 0.29) is 18.0 Å². The van der Waals surface area contributed by atoms with Crippen LogP contribution in [0.2, 0.25) is 0 Å². The molecular weight excluding hydrogens is 452 g/mol. The van der Waals surface area contributed by atoms with Crippen LogP contribution in [0.4, 0.5) is 23.5 Å². The summed E-state index contributed by atoms with van der Waals surface area (Å²) in [7, 11) is 0. The van der Waals surface area contributed by atoms with Crippen molar-refractivity contribution < 1.29 is 14.6 Å². The molecule has 0 unspecified atom stereocenters. The number of hydrogen-bond acceptors (Lipinski definition) is 12. The number of aromatic nitrogens is 3. The van der Waals surface area contributed by atoms with Crippen LogP contribution < -0.4 is 32.2 Å². The summed E-state index contributed by atoms with van der Waals surface area (Å²) in [6.45, 7) is 3.52. The Hall–Kier alpha value is -3.32. The SMILES string of the molecule is Cc1cc(=O)oc2cc(Nc3nc(N4C[C@H](N)C[C@H](N)C4)nc(N4C[C@H](O)C[C@H](O)C4)n3)ccc12. The summed E-state index contributed by atoms with van der Waals surface area (Å²) in [4.78, 5) is 29.3. The van der Waals surface area contributed by atoms with E-state index in [9.17, 15) is 15.0 Å². The van der Waals surface area contributed by atoms with E-state index in [1.54, 1.807) is 11.0 Å². The first kappa shape index (κ1) is 23.4. The minimum Gasteiger partial charge on any atom is -0.423 e. The Labute approximate surface area is 201 Å². The molecule has 4 heterocycles. The van der Waals surface area contributed by atoms with Crippen molar-refractivity contribution in [3.05, 3.63) is 40.2 Å². The first-order valence-electron chi connectivity index (χ1n) is 11.7. The number of piperidine rings is 2. The Balaban J connectivity index is 1.51. The van der Waals surface area contributed by atoms with Gasteiger partial charge in [-0.05, 0) is 31.0 Å². The largest absolute Gasteiger partial charge is 0.423 e. The molecule has 0 radical (unpaired) electrons. The summed E-state index contributed by atoms with van der Waals surface area (Å²) < 4.78 is 5.36. The summed E-state index contributed by atoms with van der Waals surface area (Å²) in [5, 5.41) is 24.4. The van der Waals surface area contributed by atoms with E-state index < -0.39 is 17.8 Å². The number of anilines is 4. The van der Waals surface area contributed by atoms with Crippen molar-refractivity contribution in [3.63, 3.8) is 0 Å². The molecule has 4 atom stereocenters. The minimum absolute atomic E-state index is 0.111. The third kappa shape index (κ3) is 5.20. The summed E-state index contributed by atoms with van der Waals surface area (Å²) >= 11 is 0. The van der Waals surface area contributed by atoms with E-state index in [1.807, 2.05) is 24.0 Å².